The Bertz CT molecular complexity index is 2850. The fraction of sp³-hybridized carbons (Fsp3) is 0.446. The van der Waals surface area contributed by atoms with Gasteiger partial charge in [0.15, 0.2) is 17.3 Å². The number of methoxy groups -OCH3 is 3. The molecule has 6 aromatic rings. The van der Waals surface area contributed by atoms with Gasteiger partial charge in [-0.05, 0) is 64.4 Å². The molecule has 0 radical (unpaired) electrons. The molecule has 0 saturated carbocycles. The van der Waals surface area contributed by atoms with Crippen LogP contribution in [0.15, 0.2) is 91.0 Å². The van der Waals surface area contributed by atoms with Gasteiger partial charge in [-0.25, -0.2) is 0 Å². The van der Waals surface area contributed by atoms with E-state index in [0.29, 0.717) is 36.0 Å². The van der Waals surface area contributed by atoms with Gasteiger partial charge < -0.3 is 59.8 Å². The zero-order valence-electron chi connectivity index (χ0n) is 45.5. The minimum Gasteiger partial charge on any atom is -0.497 e. The van der Waals surface area contributed by atoms with Crippen molar-refractivity contribution in [1.29, 1.82) is 0 Å². The Balaban J connectivity index is 1.03. The van der Waals surface area contributed by atoms with Gasteiger partial charge in [-0.1, -0.05) is 101 Å². The predicted octanol–water partition coefficient (Wildman–Crippen LogP) is 7.68. The van der Waals surface area contributed by atoms with E-state index in [0.717, 1.165) is 30.0 Å². The van der Waals surface area contributed by atoms with Crippen molar-refractivity contribution in [3.63, 3.8) is 0 Å². The van der Waals surface area contributed by atoms with Gasteiger partial charge in [-0.3, -0.25) is 28.5 Å². The number of unbranched alkanes of at least 4 members (excludes halogenated alkanes) is 9. The summed E-state index contributed by atoms with van der Waals surface area (Å²) in [6, 6.07) is 25.1. The molecule has 0 aliphatic rings. The van der Waals surface area contributed by atoms with Gasteiger partial charge in [0.1, 0.15) is 35.2 Å². The first-order valence-electron chi connectivity index (χ1n) is 26.6. The number of amides is 4. The fourth-order valence-electron chi connectivity index (χ4n) is 8.25. The highest BCUT2D eigenvalue weighted by Gasteiger charge is 2.26. The van der Waals surface area contributed by atoms with Crippen LogP contribution < -0.4 is 35.5 Å². The molecule has 0 fully saturated rings. The number of hydrogen-bond acceptors (Lipinski definition) is 15. The highest BCUT2D eigenvalue weighted by atomic mass is 16.6. The van der Waals surface area contributed by atoms with Crippen LogP contribution in [-0.4, -0.2) is 132 Å². The van der Waals surface area contributed by atoms with Gasteiger partial charge in [0.05, 0.1) is 85.2 Å². The lowest BCUT2D eigenvalue weighted by Crippen LogP contribution is -2.30. The molecule has 3 heterocycles. The molecular formula is C56H73N11O12. The van der Waals surface area contributed by atoms with Gasteiger partial charge in [0.2, 0.25) is 5.91 Å². The summed E-state index contributed by atoms with van der Waals surface area (Å²) >= 11 is 0. The summed E-state index contributed by atoms with van der Waals surface area (Å²) in [5.74, 6) is -0.732. The van der Waals surface area contributed by atoms with Crippen molar-refractivity contribution in [3.05, 3.63) is 135 Å². The van der Waals surface area contributed by atoms with Gasteiger partial charge >= 0.3 is 5.82 Å². The molecule has 4 amide bonds. The van der Waals surface area contributed by atoms with Crippen LogP contribution in [0.1, 0.15) is 119 Å². The molecule has 3 aromatic heterocycles. The monoisotopic (exact) mass is 1090 g/mol. The van der Waals surface area contributed by atoms with Gasteiger partial charge in [0, 0.05) is 25.2 Å². The fourth-order valence-corrected chi connectivity index (χ4v) is 8.25. The second kappa shape index (κ2) is 32.6. The third kappa shape index (κ3) is 20.0. The van der Waals surface area contributed by atoms with E-state index >= 15 is 0 Å². The molecule has 0 spiro atoms. The molecule has 79 heavy (non-hydrogen) atoms. The van der Waals surface area contributed by atoms with E-state index in [1.54, 1.807) is 74.9 Å². The molecule has 23 nitrogen and oxygen atoms in total. The summed E-state index contributed by atoms with van der Waals surface area (Å²) in [5.41, 5.74) is 2.24. The molecule has 0 atom stereocenters. The standard InChI is InChI=1S/C56H73N11O12/c1-5-6-7-8-9-10-11-12-13-14-27-57-53(68)40-79-33-32-78-31-30-77-29-28-58-54(69)47-34-50(61-64(47)37-41-15-21-44(74-2)22-16-41)59-55(70)48-35-51(62-65(48)38-42-17-23-45(75-3)24-18-42)60-56(71)49-36-52(67(72)73)63-66(49)39-43-19-25-46(76-4)26-20-43/h15-26,34-36H,5-14,27-33,37-40H2,1-4H3,(H,57,68)(H,58,69)(H,59,61,70)(H,60,62,71). The number of aromatic nitrogens is 6. The summed E-state index contributed by atoms with van der Waals surface area (Å²) in [6.45, 7) is 4.55. The van der Waals surface area contributed by atoms with Crippen LogP contribution in [0, 0.1) is 10.1 Å². The number of nitro groups is 1. The Morgan fingerprint density at radius 3 is 1.35 bits per heavy atom. The number of hydrogen-bond donors (Lipinski definition) is 4. The van der Waals surface area contributed by atoms with E-state index in [2.05, 4.69) is 43.5 Å². The van der Waals surface area contributed by atoms with Crippen molar-refractivity contribution in [2.24, 2.45) is 0 Å². The molecule has 0 unspecified atom stereocenters. The number of nitrogens with one attached hydrogen (secondary N) is 4. The first kappa shape index (κ1) is 60.1. The van der Waals surface area contributed by atoms with Crippen molar-refractivity contribution in [3.8, 4) is 17.2 Å². The zero-order chi connectivity index (χ0) is 56.2. The maximum absolute atomic E-state index is 14.3. The molecule has 0 aliphatic carbocycles. The Labute approximate surface area is 459 Å². The number of carbonyl (C=O) groups excluding carboxylic acids is 4. The molecule has 0 bridgehead atoms. The number of benzene rings is 3. The van der Waals surface area contributed by atoms with Crippen LogP contribution in [0.4, 0.5) is 17.5 Å². The number of ether oxygens (including phenoxy) is 6. The van der Waals surface area contributed by atoms with Gasteiger partial charge in [0.25, 0.3) is 17.7 Å². The Morgan fingerprint density at radius 2 is 0.899 bits per heavy atom. The van der Waals surface area contributed by atoms with Gasteiger partial charge in [-0.2, -0.15) is 14.9 Å². The van der Waals surface area contributed by atoms with E-state index in [-0.39, 0.29) is 93.8 Å². The Morgan fingerprint density at radius 1 is 0.494 bits per heavy atom. The van der Waals surface area contributed by atoms with E-state index in [4.69, 9.17) is 28.4 Å². The number of rotatable bonds is 37. The molecule has 23 heteroatoms. The largest absolute Gasteiger partial charge is 0.497 e. The maximum Gasteiger partial charge on any atom is 0.390 e. The quantitative estimate of drug-likeness (QED) is 0.0166. The smallest absolute Gasteiger partial charge is 0.390 e. The van der Waals surface area contributed by atoms with Crippen LogP contribution in [-0.2, 0) is 38.6 Å². The third-order valence-corrected chi connectivity index (χ3v) is 12.5. The normalized spacial score (nSPS) is 11.0. The summed E-state index contributed by atoms with van der Waals surface area (Å²) < 4.78 is 36.6. The predicted molar refractivity (Wildman–Crippen MR) is 295 cm³/mol. The molecule has 4 N–H and O–H groups in total. The molecule has 0 aliphatic heterocycles. The lowest BCUT2D eigenvalue weighted by atomic mass is 10.1. The summed E-state index contributed by atoms with van der Waals surface area (Å²) in [4.78, 5) is 65.1. The average molecular weight is 1090 g/mol. The number of anilines is 2. The summed E-state index contributed by atoms with van der Waals surface area (Å²) in [5, 5.41) is 36.2. The first-order valence-corrected chi connectivity index (χ1v) is 26.6. The number of nitrogens with zero attached hydrogens (tertiary/aromatic N) is 7. The lowest BCUT2D eigenvalue weighted by Gasteiger charge is -2.10. The molecular weight excluding hydrogens is 1020 g/mol. The van der Waals surface area contributed by atoms with Crippen molar-refractivity contribution < 1.29 is 52.5 Å². The van der Waals surface area contributed by atoms with Crippen molar-refractivity contribution in [2.75, 3.05) is 84.7 Å². The third-order valence-electron chi connectivity index (χ3n) is 12.5. The Hall–Kier alpha value is -8.15. The molecule has 0 saturated heterocycles. The molecule has 3 aromatic carbocycles. The second-order valence-electron chi connectivity index (χ2n) is 18.5. The van der Waals surface area contributed by atoms with Crippen LogP contribution in [0.25, 0.3) is 0 Å². The Kier molecular flexibility index (Phi) is 24.8. The highest BCUT2D eigenvalue weighted by molar-refractivity contribution is 6.06. The first-order chi connectivity index (χ1) is 38.5. The van der Waals surface area contributed by atoms with Crippen molar-refractivity contribution in [1.82, 2.24) is 40.0 Å². The number of carbonyl (C=O) groups is 4. The van der Waals surface area contributed by atoms with E-state index in [1.807, 2.05) is 12.1 Å². The maximum atomic E-state index is 14.3. The SMILES string of the molecule is CCCCCCCCCCCCNC(=O)COCCOCCOCCNC(=O)c1cc(NC(=O)c2cc(NC(=O)c3cc([N+](=O)[O-])nn3Cc3ccc(OC)cc3)nn2Cc2ccc(OC)cc2)nn1Cc1ccc(OC)cc1. The minimum absolute atomic E-state index is 0.00521. The minimum atomic E-state index is -0.768. The zero-order valence-corrected chi connectivity index (χ0v) is 45.5. The second-order valence-corrected chi connectivity index (χ2v) is 18.5. The van der Waals surface area contributed by atoms with Crippen molar-refractivity contribution >= 4 is 41.1 Å². The van der Waals surface area contributed by atoms with Crippen LogP contribution >= 0.6 is 0 Å². The topological polar surface area (TPSA) is 268 Å². The summed E-state index contributed by atoms with van der Waals surface area (Å²) in [7, 11) is 4.63. The van der Waals surface area contributed by atoms with Gasteiger partial charge in [-0.15, -0.1) is 0 Å². The molecule has 424 valence electrons. The summed E-state index contributed by atoms with van der Waals surface area (Å²) in [6.07, 6.45) is 12.4. The highest BCUT2D eigenvalue weighted by Crippen LogP contribution is 2.22. The van der Waals surface area contributed by atoms with E-state index in [9.17, 15) is 29.3 Å². The van der Waals surface area contributed by atoms with Crippen LogP contribution in [0.5, 0.6) is 17.2 Å². The average Bonchev–Trinajstić information content (AvgIpc) is 4.20. The van der Waals surface area contributed by atoms with E-state index in [1.165, 1.54) is 84.7 Å². The van der Waals surface area contributed by atoms with Crippen LogP contribution in [0.3, 0.4) is 0 Å². The van der Waals surface area contributed by atoms with Crippen LogP contribution in [0.2, 0.25) is 0 Å². The van der Waals surface area contributed by atoms with Crippen molar-refractivity contribution in [2.45, 2.75) is 90.8 Å². The molecule has 6 rings (SSSR count). The lowest BCUT2D eigenvalue weighted by molar-refractivity contribution is -0.389. The van der Waals surface area contributed by atoms with E-state index < -0.39 is 28.5 Å².